The van der Waals surface area contributed by atoms with E-state index in [-0.39, 0.29) is 29.6 Å². The van der Waals surface area contributed by atoms with E-state index in [0.29, 0.717) is 78.2 Å². The highest BCUT2D eigenvalue weighted by Crippen LogP contribution is 2.24. The number of hydrogen-bond acceptors (Lipinski definition) is 7. The normalized spacial score (nSPS) is 11.2. The van der Waals surface area contributed by atoms with Crippen molar-refractivity contribution in [2.45, 2.75) is 51.9 Å². The third-order valence-corrected chi connectivity index (χ3v) is 4.96. The van der Waals surface area contributed by atoms with Crippen LogP contribution in [0.2, 0.25) is 0 Å². The first-order valence-corrected chi connectivity index (χ1v) is 11.2. The summed E-state index contributed by atoms with van der Waals surface area (Å²) >= 11 is 0. The molecule has 0 atom stereocenters. The SMILES string of the molecule is C=CC(=O)CCCOCOCC(CC)(COCCCC(=O)C=C)COCCCC(=O)C=C. The van der Waals surface area contributed by atoms with Crippen molar-refractivity contribution >= 4 is 17.3 Å². The van der Waals surface area contributed by atoms with Crippen molar-refractivity contribution in [3.63, 3.8) is 0 Å². The molecule has 7 heteroatoms. The van der Waals surface area contributed by atoms with Crippen molar-refractivity contribution in [2.75, 3.05) is 46.4 Å². The average molecular weight is 453 g/mol. The molecule has 0 aromatic heterocycles. The van der Waals surface area contributed by atoms with Crippen LogP contribution < -0.4 is 0 Å². The Morgan fingerprint density at radius 1 is 0.656 bits per heavy atom. The number of rotatable bonds is 24. The van der Waals surface area contributed by atoms with Crippen molar-refractivity contribution in [1.82, 2.24) is 0 Å². The van der Waals surface area contributed by atoms with Gasteiger partial charge >= 0.3 is 0 Å². The summed E-state index contributed by atoms with van der Waals surface area (Å²) in [6.07, 6.45) is 7.82. The molecule has 0 aromatic carbocycles. The van der Waals surface area contributed by atoms with Crippen LogP contribution in [0.25, 0.3) is 0 Å². The zero-order valence-corrected chi connectivity index (χ0v) is 19.6. The van der Waals surface area contributed by atoms with E-state index in [1.165, 1.54) is 18.2 Å². The van der Waals surface area contributed by atoms with Crippen LogP contribution in [0.1, 0.15) is 51.9 Å². The van der Waals surface area contributed by atoms with Crippen LogP contribution in [0.5, 0.6) is 0 Å². The molecule has 0 saturated heterocycles. The molecule has 0 unspecified atom stereocenters. The van der Waals surface area contributed by atoms with Crippen molar-refractivity contribution in [2.24, 2.45) is 5.41 Å². The Balaban J connectivity index is 4.45. The van der Waals surface area contributed by atoms with Crippen LogP contribution in [-0.2, 0) is 33.3 Å². The molecule has 0 bridgehead atoms. The fourth-order valence-corrected chi connectivity index (χ4v) is 2.74. The van der Waals surface area contributed by atoms with E-state index in [1.807, 2.05) is 6.92 Å². The smallest absolute Gasteiger partial charge is 0.155 e. The van der Waals surface area contributed by atoms with Gasteiger partial charge in [0.25, 0.3) is 0 Å². The molecule has 0 amide bonds. The summed E-state index contributed by atoms with van der Waals surface area (Å²) in [6, 6.07) is 0. The Labute approximate surface area is 192 Å². The second-order valence-corrected chi connectivity index (χ2v) is 7.66. The van der Waals surface area contributed by atoms with Gasteiger partial charge in [0.2, 0.25) is 0 Å². The minimum Gasteiger partial charge on any atom is -0.381 e. The third-order valence-electron chi connectivity index (χ3n) is 4.96. The molecule has 0 fully saturated rings. The Bertz CT molecular complexity index is 553. The summed E-state index contributed by atoms with van der Waals surface area (Å²) < 4.78 is 22.8. The lowest BCUT2D eigenvalue weighted by molar-refractivity contribution is -0.123. The molecule has 0 rings (SSSR count). The zero-order chi connectivity index (χ0) is 24.1. The van der Waals surface area contributed by atoms with Gasteiger partial charge in [-0.15, -0.1) is 0 Å². The molecular weight excluding hydrogens is 412 g/mol. The van der Waals surface area contributed by atoms with E-state index in [2.05, 4.69) is 19.7 Å². The third kappa shape index (κ3) is 15.8. The van der Waals surface area contributed by atoms with E-state index in [4.69, 9.17) is 18.9 Å². The number of carbonyl (C=O) groups excluding carboxylic acids is 3. The summed E-state index contributed by atoms with van der Waals surface area (Å²) in [7, 11) is 0. The molecule has 0 N–H and O–H groups in total. The second-order valence-electron chi connectivity index (χ2n) is 7.66. The predicted molar refractivity (Wildman–Crippen MR) is 124 cm³/mol. The summed E-state index contributed by atoms with van der Waals surface area (Å²) in [4.78, 5) is 33.8. The monoisotopic (exact) mass is 452 g/mol. The predicted octanol–water partition coefficient (Wildman–Crippen LogP) is 4.01. The minimum atomic E-state index is -0.368. The van der Waals surface area contributed by atoms with Gasteiger partial charge in [0, 0.05) is 44.5 Å². The Morgan fingerprint density at radius 3 is 1.41 bits per heavy atom. The summed E-state index contributed by atoms with van der Waals surface area (Å²) in [5, 5.41) is 0. The molecule has 0 aliphatic rings. The first-order chi connectivity index (χ1) is 15.4. The van der Waals surface area contributed by atoms with E-state index >= 15 is 0 Å². The summed E-state index contributed by atoms with van der Waals surface area (Å²) in [5.41, 5.74) is -0.368. The van der Waals surface area contributed by atoms with Crippen LogP contribution in [0, 0.1) is 5.41 Å². The molecule has 0 aromatic rings. The number of carbonyl (C=O) groups is 3. The van der Waals surface area contributed by atoms with Gasteiger partial charge in [-0.2, -0.15) is 0 Å². The van der Waals surface area contributed by atoms with Gasteiger partial charge in [-0.05, 0) is 43.9 Å². The maximum atomic E-state index is 11.3. The molecule has 7 nitrogen and oxygen atoms in total. The summed E-state index contributed by atoms with van der Waals surface area (Å²) in [5.74, 6) is 0.00413. The van der Waals surface area contributed by atoms with E-state index < -0.39 is 0 Å². The first kappa shape index (κ1) is 30.1. The van der Waals surface area contributed by atoms with Crippen LogP contribution in [0.3, 0.4) is 0 Å². The van der Waals surface area contributed by atoms with Crippen molar-refractivity contribution < 1.29 is 33.3 Å². The van der Waals surface area contributed by atoms with Gasteiger partial charge in [-0.1, -0.05) is 26.7 Å². The quantitative estimate of drug-likeness (QED) is 0.124. The van der Waals surface area contributed by atoms with Gasteiger partial charge in [0.15, 0.2) is 17.3 Å². The highest BCUT2D eigenvalue weighted by Gasteiger charge is 2.30. The second kappa shape index (κ2) is 19.7. The van der Waals surface area contributed by atoms with Crippen LogP contribution >= 0.6 is 0 Å². The molecule has 32 heavy (non-hydrogen) atoms. The number of ether oxygens (including phenoxy) is 4. The molecule has 0 radical (unpaired) electrons. The molecule has 0 aliphatic heterocycles. The topological polar surface area (TPSA) is 88.1 Å². The van der Waals surface area contributed by atoms with Crippen molar-refractivity contribution in [3.05, 3.63) is 38.0 Å². The van der Waals surface area contributed by atoms with Gasteiger partial charge in [0.1, 0.15) is 6.79 Å². The minimum absolute atomic E-state index is 0.00148. The fraction of sp³-hybridized carbons (Fsp3) is 0.640. The van der Waals surface area contributed by atoms with Gasteiger partial charge in [0.05, 0.1) is 19.8 Å². The van der Waals surface area contributed by atoms with Gasteiger partial charge in [-0.25, -0.2) is 0 Å². The van der Waals surface area contributed by atoms with Crippen molar-refractivity contribution in [1.29, 1.82) is 0 Å². The molecule has 182 valence electrons. The maximum Gasteiger partial charge on any atom is 0.155 e. The molecular formula is C25H40O7. The lowest BCUT2D eigenvalue weighted by atomic mass is 9.88. The molecule has 0 saturated carbocycles. The highest BCUT2D eigenvalue weighted by molar-refractivity contribution is 5.89. The fourth-order valence-electron chi connectivity index (χ4n) is 2.74. The number of hydrogen-bond donors (Lipinski definition) is 0. The highest BCUT2D eigenvalue weighted by atomic mass is 16.7. The van der Waals surface area contributed by atoms with Gasteiger partial charge in [-0.3, -0.25) is 14.4 Å². The Kier molecular flexibility index (Phi) is 18.5. The van der Waals surface area contributed by atoms with E-state index in [1.54, 1.807) is 0 Å². The Hall–Kier alpha value is -1.93. The lowest BCUT2D eigenvalue weighted by Gasteiger charge is -2.32. The summed E-state index contributed by atoms with van der Waals surface area (Å²) in [6.45, 7) is 15.1. The van der Waals surface area contributed by atoms with Crippen molar-refractivity contribution in [3.8, 4) is 0 Å². The maximum absolute atomic E-state index is 11.3. The lowest BCUT2D eigenvalue weighted by Crippen LogP contribution is -2.37. The first-order valence-electron chi connectivity index (χ1n) is 11.2. The molecule has 0 spiro atoms. The van der Waals surface area contributed by atoms with Crippen LogP contribution in [-0.4, -0.2) is 63.8 Å². The number of allylic oxidation sites excluding steroid dienone is 3. The molecule has 0 heterocycles. The standard InChI is InChI=1S/C25H40O7/c1-5-22(26)12-9-15-29-18-25(8-4,19-30-16-10-13-23(27)6-2)20-32-21-31-17-11-14-24(28)7-3/h5-7H,1-3,8-21H2,4H3. The average Bonchev–Trinajstić information content (AvgIpc) is 2.81. The zero-order valence-electron chi connectivity index (χ0n) is 19.6. The van der Waals surface area contributed by atoms with Gasteiger partial charge < -0.3 is 18.9 Å². The van der Waals surface area contributed by atoms with Crippen LogP contribution in [0.15, 0.2) is 38.0 Å². The largest absolute Gasteiger partial charge is 0.381 e. The van der Waals surface area contributed by atoms with Crippen LogP contribution in [0.4, 0.5) is 0 Å². The Morgan fingerprint density at radius 2 is 1.03 bits per heavy atom. The number of ketones is 3. The molecule has 0 aliphatic carbocycles. The van der Waals surface area contributed by atoms with E-state index in [0.717, 1.165) is 6.42 Å². The van der Waals surface area contributed by atoms with E-state index in [9.17, 15) is 14.4 Å².